The summed E-state index contributed by atoms with van der Waals surface area (Å²) in [5.41, 5.74) is 0.906. The molecule has 0 atom stereocenters. The number of nitrogens with one attached hydrogen (secondary N) is 2. The van der Waals surface area contributed by atoms with E-state index in [-0.39, 0.29) is 24.4 Å². The van der Waals surface area contributed by atoms with Crippen LogP contribution in [0.2, 0.25) is 0 Å². The zero-order valence-corrected chi connectivity index (χ0v) is 13.2. The molecule has 0 fully saturated rings. The van der Waals surface area contributed by atoms with E-state index >= 15 is 0 Å². The summed E-state index contributed by atoms with van der Waals surface area (Å²) in [6.45, 7) is 0.219. The largest absolute Gasteiger partial charge is 0.478 e. The van der Waals surface area contributed by atoms with Crippen molar-refractivity contribution in [2.24, 2.45) is 0 Å². The lowest BCUT2D eigenvalue weighted by molar-refractivity contribution is 0.0697. The maximum absolute atomic E-state index is 11.5. The summed E-state index contributed by atoms with van der Waals surface area (Å²) in [5, 5.41) is 13.8. The second kappa shape index (κ2) is 7.76. The SMILES string of the molecule is CN(C)S(=O)(=O)CCNC(=O)NCc1ccc(C(=O)O)cc1. The van der Waals surface area contributed by atoms with E-state index in [1.807, 2.05) is 0 Å². The van der Waals surface area contributed by atoms with Crippen LogP contribution in [0, 0.1) is 0 Å². The molecule has 0 unspecified atom stereocenters. The lowest BCUT2D eigenvalue weighted by Gasteiger charge is -2.12. The number of aromatic carboxylic acids is 1. The molecule has 1 aromatic carbocycles. The lowest BCUT2D eigenvalue weighted by atomic mass is 10.1. The van der Waals surface area contributed by atoms with Crippen molar-refractivity contribution < 1.29 is 23.1 Å². The first-order valence-corrected chi connectivity index (χ1v) is 8.07. The number of carboxylic acid groups (broad SMARTS) is 1. The Morgan fingerprint density at radius 3 is 2.23 bits per heavy atom. The first-order valence-electron chi connectivity index (χ1n) is 6.46. The van der Waals surface area contributed by atoms with Crippen molar-refractivity contribution in [1.29, 1.82) is 0 Å². The second-order valence-electron chi connectivity index (χ2n) is 4.71. The van der Waals surface area contributed by atoms with Gasteiger partial charge in [-0.2, -0.15) is 0 Å². The van der Waals surface area contributed by atoms with E-state index in [4.69, 9.17) is 5.11 Å². The summed E-state index contributed by atoms with van der Waals surface area (Å²) < 4.78 is 24.1. The maximum atomic E-state index is 11.5. The van der Waals surface area contributed by atoms with Crippen LogP contribution >= 0.6 is 0 Å². The highest BCUT2D eigenvalue weighted by Crippen LogP contribution is 2.04. The van der Waals surface area contributed by atoms with Gasteiger partial charge in [0.1, 0.15) is 0 Å². The Morgan fingerprint density at radius 1 is 1.14 bits per heavy atom. The predicted molar refractivity (Wildman–Crippen MR) is 81.1 cm³/mol. The third-order valence-electron chi connectivity index (χ3n) is 2.86. The quantitative estimate of drug-likeness (QED) is 0.655. The molecular weight excluding hydrogens is 310 g/mol. The summed E-state index contributed by atoms with van der Waals surface area (Å²) in [6.07, 6.45) is 0. The van der Waals surface area contributed by atoms with Crippen molar-refractivity contribution in [3.8, 4) is 0 Å². The molecule has 0 aliphatic heterocycles. The summed E-state index contributed by atoms with van der Waals surface area (Å²) in [6, 6.07) is 5.60. The Balaban J connectivity index is 2.36. The maximum Gasteiger partial charge on any atom is 0.335 e. The lowest BCUT2D eigenvalue weighted by Crippen LogP contribution is -2.39. The van der Waals surface area contributed by atoms with E-state index in [0.29, 0.717) is 0 Å². The zero-order valence-electron chi connectivity index (χ0n) is 12.4. The van der Waals surface area contributed by atoms with Crippen molar-refractivity contribution in [2.45, 2.75) is 6.54 Å². The molecule has 1 rings (SSSR count). The van der Waals surface area contributed by atoms with Gasteiger partial charge in [-0.1, -0.05) is 12.1 Å². The van der Waals surface area contributed by atoms with Gasteiger partial charge in [0.05, 0.1) is 11.3 Å². The number of amides is 2. The molecule has 0 bridgehead atoms. The Bertz CT molecular complexity index is 626. The van der Waals surface area contributed by atoms with Crippen molar-refractivity contribution in [2.75, 3.05) is 26.4 Å². The van der Waals surface area contributed by atoms with E-state index in [2.05, 4.69) is 10.6 Å². The average molecular weight is 329 g/mol. The first kappa shape index (κ1) is 17.9. The number of carbonyl (C=O) groups is 2. The van der Waals surface area contributed by atoms with Gasteiger partial charge in [0.15, 0.2) is 0 Å². The fourth-order valence-electron chi connectivity index (χ4n) is 1.49. The summed E-state index contributed by atoms with van der Waals surface area (Å²) >= 11 is 0. The Morgan fingerprint density at radius 2 is 1.73 bits per heavy atom. The fourth-order valence-corrected chi connectivity index (χ4v) is 2.21. The van der Waals surface area contributed by atoms with Crippen molar-refractivity contribution in [3.63, 3.8) is 0 Å². The fraction of sp³-hybridized carbons (Fsp3) is 0.385. The van der Waals surface area contributed by atoms with Crippen LogP contribution in [-0.4, -0.2) is 56.2 Å². The first-order chi connectivity index (χ1) is 10.2. The van der Waals surface area contributed by atoms with Crippen molar-refractivity contribution in [3.05, 3.63) is 35.4 Å². The highest BCUT2D eigenvalue weighted by atomic mass is 32.2. The number of carboxylic acids is 1. The van der Waals surface area contributed by atoms with Gasteiger partial charge in [0.2, 0.25) is 10.0 Å². The number of carbonyl (C=O) groups excluding carboxylic acids is 1. The number of rotatable bonds is 7. The Hall–Kier alpha value is -2.13. The van der Waals surface area contributed by atoms with Gasteiger partial charge >= 0.3 is 12.0 Å². The van der Waals surface area contributed by atoms with E-state index < -0.39 is 22.0 Å². The molecule has 9 heteroatoms. The molecular formula is C13H19N3O5S. The minimum atomic E-state index is -3.34. The molecule has 2 amide bonds. The average Bonchev–Trinajstić information content (AvgIpc) is 2.45. The van der Waals surface area contributed by atoms with Crippen molar-refractivity contribution >= 4 is 22.0 Å². The predicted octanol–water partition coefficient (Wildman–Crippen LogP) is 0.0754. The topological polar surface area (TPSA) is 116 Å². The Labute approximate surface area is 129 Å². The summed E-state index contributed by atoms with van der Waals surface area (Å²) in [5.74, 6) is -1.19. The molecule has 0 spiro atoms. The molecule has 0 aromatic heterocycles. The van der Waals surface area contributed by atoms with Gasteiger partial charge < -0.3 is 15.7 Å². The van der Waals surface area contributed by atoms with E-state index in [9.17, 15) is 18.0 Å². The number of sulfonamides is 1. The van der Waals surface area contributed by atoms with Gasteiger partial charge in [-0.3, -0.25) is 0 Å². The molecule has 3 N–H and O–H groups in total. The van der Waals surface area contributed by atoms with Gasteiger partial charge in [-0.15, -0.1) is 0 Å². The van der Waals surface area contributed by atoms with E-state index in [0.717, 1.165) is 9.87 Å². The van der Waals surface area contributed by atoms with Crippen LogP contribution in [0.15, 0.2) is 24.3 Å². The molecule has 122 valence electrons. The van der Waals surface area contributed by atoms with Crippen LogP contribution in [0.5, 0.6) is 0 Å². The molecule has 0 aliphatic carbocycles. The minimum Gasteiger partial charge on any atom is -0.478 e. The van der Waals surface area contributed by atoms with Crippen molar-refractivity contribution in [1.82, 2.24) is 14.9 Å². The van der Waals surface area contributed by atoms with Gasteiger partial charge in [-0.05, 0) is 17.7 Å². The summed E-state index contributed by atoms with van der Waals surface area (Å²) in [4.78, 5) is 22.2. The van der Waals surface area contributed by atoms with Crippen LogP contribution in [0.25, 0.3) is 0 Å². The van der Waals surface area contributed by atoms with Crippen LogP contribution in [0.1, 0.15) is 15.9 Å². The number of urea groups is 1. The highest BCUT2D eigenvalue weighted by molar-refractivity contribution is 7.89. The summed E-state index contributed by atoms with van der Waals surface area (Å²) in [7, 11) is -0.485. The molecule has 0 aliphatic rings. The van der Waals surface area contributed by atoms with Gasteiger partial charge in [0.25, 0.3) is 0 Å². The van der Waals surface area contributed by atoms with Gasteiger partial charge in [-0.25, -0.2) is 22.3 Å². The van der Waals surface area contributed by atoms with Crippen LogP contribution in [0.4, 0.5) is 4.79 Å². The molecule has 0 saturated heterocycles. The smallest absolute Gasteiger partial charge is 0.335 e. The monoisotopic (exact) mass is 329 g/mol. The van der Waals surface area contributed by atoms with Gasteiger partial charge in [0, 0.05) is 27.2 Å². The number of benzene rings is 1. The number of hydrogen-bond donors (Lipinski definition) is 3. The molecule has 1 aromatic rings. The number of nitrogens with zero attached hydrogens (tertiary/aromatic N) is 1. The molecule has 8 nitrogen and oxygen atoms in total. The molecule has 22 heavy (non-hydrogen) atoms. The standard InChI is InChI=1S/C13H19N3O5S/c1-16(2)22(20,21)8-7-14-13(19)15-9-10-3-5-11(6-4-10)12(17)18/h3-6H,7-9H2,1-2H3,(H,17,18)(H2,14,15,19). The second-order valence-corrected chi connectivity index (χ2v) is 7.01. The molecule has 0 radical (unpaired) electrons. The third kappa shape index (κ3) is 5.70. The van der Waals surface area contributed by atoms with Crippen LogP contribution in [0.3, 0.4) is 0 Å². The normalized spacial score (nSPS) is 11.2. The number of hydrogen-bond acceptors (Lipinski definition) is 4. The van der Waals surface area contributed by atoms with Crippen LogP contribution < -0.4 is 10.6 Å². The van der Waals surface area contributed by atoms with E-state index in [1.165, 1.54) is 26.2 Å². The Kier molecular flexibility index (Phi) is 6.32. The molecule has 0 heterocycles. The zero-order chi connectivity index (χ0) is 16.8. The minimum absolute atomic E-state index is 0.00426. The highest BCUT2D eigenvalue weighted by Gasteiger charge is 2.13. The van der Waals surface area contributed by atoms with Crippen LogP contribution in [-0.2, 0) is 16.6 Å². The third-order valence-corrected chi connectivity index (χ3v) is 4.69. The van der Waals surface area contributed by atoms with E-state index in [1.54, 1.807) is 12.1 Å². The molecule has 0 saturated carbocycles.